The number of rotatable bonds is 5. The van der Waals surface area contributed by atoms with Gasteiger partial charge >= 0.3 is 13.1 Å². The molecular formula is C22H34BNO6S. The SMILES string of the molecule is CC1(C)OC(=O)c2cccc(CC(NS(=O)C(C)(C)C)B3OC(C)(C)C(C)(C)O3)c2O1. The minimum Gasteiger partial charge on any atom is -0.452 e. The predicted molar refractivity (Wildman–Crippen MR) is 121 cm³/mol. The van der Waals surface area contributed by atoms with E-state index in [1.54, 1.807) is 26.0 Å². The first-order valence-electron chi connectivity index (χ1n) is 10.6. The van der Waals surface area contributed by atoms with Crippen LogP contribution in [0.15, 0.2) is 18.2 Å². The maximum atomic E-state index is 13.0. The smallest absolute Gasteiger partial charge is 0.452 e. The van der Waals surface area contributed by atoms with Crippen LogP contribution in [0.5, 0.6) is 5.75 Å². The first-order valence-corrected chi connectivity index (χ1v) is 11.8. The molecule has 2 atom stereocenters. The van der Waals surface area contributed by atoms with Crippen LogP contribution in [0.2, 0.25) is 0 Å². The summed E-state index contributed by atoms with van der Waals surface area (Å²) in [7, 11) is -1.98. The second kappa shape index (κ2) is 7.87. The maximum absolute atomic E-state index is 13.0. The molecule has 1 fully saturated rings. The van der Waals surface area contributed by atoms with E-state index in [1.807, 2.05) is 54.5 Å². The van der Waals surface area contributed by atoms with Crippen molar-refractivity contribution in [1.82, 2.24) is 4.72 Å². The van der Waals surface area contributed by atoms with Gasteiger partial charge in [-0.2, -0.15) is 0 Å². The van der Waals surface area contributed by atoms with Crippen molar-refractivity contribution in [1.29, 1.82) is 0 Å². The molecule has 3 rings (SSSR count). The highest BCUT2D eigenvalue weighted by atomic mass is 32.2. The second-order valence-corrected chi connectivity index (χ2v) is 12.6. The van der Waals surface area contributed by atoms with Gasteiger partial charge in [0.2, 0.25) is 5.79 Å². The molecule has 7 nitrogen and oxygen atoms in total. The molecule has 2 aliphatic rings. The number of esters is 1. The van der Waals surface area contributed by atoms with Crippen molar-refractivity contribution in [3.63, 3.8) is 0 Å². The van der Waals surface area contributed by atoms with E-state index in [1.165, 1.54) is 0 Å². The first kappa shape index (κ1) is 24.2. The molecule has 1 N–H and O–H groups in total. The highest BCUT2D eigenvalue weighted by Crippen LogP contribution is 2.39. The number of hydrogen-bond donors (Lipinski definition) is 1. The van der Waals surface area contributed by atoms with E-state index in [-0.39, 0.29) is 0 Å². The van der Waals surface area contributed by atoms with Gasteiger partial charge in [-0.15, -0.1) is 0 Å². The van der Waals surface area contributed by atoms with Crippen LogP contribution in [-0.4, -0.2) is 45.0 Å². The van der Waals surface area contributed by atoms with E-state index < -0.39 is 51.8 Å². The van der Waals surface area contributed by atoms with Gasteiger partial charge in [0.25, 0.3) is 0 Å². The second-order valence-electron chi connectivity index (χ2n) is 10.6. The van der Waals surface area contributed by atoms with Crippen molar-refractivity contribution in [3.8, 4) is 5.75 Å². The van der Waals surface area contributed by atoms with E-state index in [9.17, 15) is 9.00 Å². The van der Waals surface area contributed by atoms with Crippen molar-refractivity contribution in [2.75, 3.05) is 0 Å². The fraction of sp³-hybridized carbons (Fsp3) is 0.682. The Bertz CT molecular complexity index is 876. The van der Waals surface area contributed by atoms with Crippen LogP contribution in [0.4, 0.5) is 0 Å². The summed E-state index contributed by atoms with van der Waals surface area (Å²) in [5, 5.41) is 0. The van der Waals surface area contributed by atoms with E-state index in [4.69, 9.17) is 18.8 Å². The molecule has 2 aliphatic heterocycles. The summed E-state index contributed by atoms with van der Waals surface area (Å²) in [6.07, 6.45) is 0.394. The molecule has 2 heterocycles. The summed E-state index contributed by atoms with van der Waals surface area (Å²) in [6.45, 7) is 17.0. The summed E-state index contributed by atoms with van der Waals surface area (Å²) < 4.78 is 39.6. The number of carbonyl (C=O) groups excluding carboxylic acids is 1. The molecule has 0 aliphatic carbocycles. The molecule has 2 unspecified atom stereocenters. The molecule has 9 heteroatoms. The highest BCUT2D eigenvalue weighted by Gasteiger charge is 2.54. The quantitative estimate of drug-likeness (QED) is 0.545. The lowest BCUT2D eigenvalue weighted by molar-refractivity contribution is -0.127. The van der Waals surface area contributed by atoms with Crippen LogP contribution in [0.25, 0.3) is 0 Å². The molecular weight excluding hydrogens is 417 g/mol. The Labute approximate surface area is 188 Å². The van der Waals surface area contributed by atoms with Crippen LogP contribution >= 0.6 is 0 Å². The molecule has 1 aromatic carbocycles. The van der Waals surface area contributed by atoms with Gasteiger partial charge in [-0.05, 0) is 66.5 Å². The Morgan fingerprint density at radius 2 is 1.61 bits per heavy atom. The van der Waals surface area contributed by atoms with Crippen LogP contribution in [0, 0.1) is 0 Å². The van der Waals surface area contributed by atoms with Crippen molar-refractivity contribution < 1.29 is 27.8 Å². The number of cyclic esters (lactones) is 1. The standard InChI is InChI=1S/C22H34BNO6S/c1-19(2,3)31(26)24-16(23-29-20(4,5)21(6,7)30-23)13-14-11-10-12-15-17(14)27-22(8,9)28-18(15)25/h10-12,16,24H,13H2,1-9H3. The lowest BCUT2D eigenvalue weighted by atomic mass is 9.75. The molecule has 0 saturated carbocycles. The Balaban J connectivity index is 1.96. The topological polar surface area (TPSA) is 83.1 Å². The third-order valence-corrected chi connectivity index (χ3v) is 7.49. The van der Waals surface area contributed by atoms with Crippen LogP contribution in [0.1, 0.15) is 78.2 Å². The molecule has 31 heavy (non-hydrogen) atoms. The number of nitrogens with one attached hydrogen (secondary N) is 1. The summed E-state index contributed by atoms with van der Waals surface area (Å²) in [6, 6.07) is 5.37. The van der Waals surface area contributed by atoms with E-state index in [0.717, 1.165) is 5.56 Å². The fourth-order valence-corrected chi connectivity index (χ4v) is 4.19. The Kier molecular flexibility index (Phi) is 6.15. The number of para-hydroxylation sites is 1. The first-order chi connectivity index (χ1) is 14.0. The molecule has 172 valence electrons. The van der Waals surface area contributed by atoms with Gasteiger partial charge in [-0.25, -0.2) is 13.7 Å². The molecule has 1 saturated heterocycles. The zero-order valence-electron chi connectivity index (χ0n) is 20.0. The summed E-state index contributed by atoms with van der Waals surface area (Å²) in [5.41, 5.74) is 0.111. The van der Waals surface area contributed by atoms with Gasteiger partial charge in [0.1, 0.15) is 11.3 Å². The lowest BCUT2D eigenvalue weighted by Crippen LogP contribution is -2.51. The molecule has 0 radical (unpaired) electrons. The fourth-order valence-electron chi connectivity index (χ4n) is 3.37. The van der Waals surface area contributed by atoms with Gasteiger partial charge in [0.15, 0.2) is 0 Å². The minimum atomic E-state index is -1.35. The van der Waals surface area contributed by atoms with Crippen molar-refractivity contribution in [2.45, 2.75) is 96.4 Å². The predicted octanol–water partition coefficient (Wildman–Crippen LogP) is 3.57. The molecule has 1 aromatic rings. The largest absolute Gasteiger partial charge is 0.477 e. The highest BCUT2D eigenvalue weighted by molar-refractivity contribution is 7.84. The van der Waals surface area contributed by atoms with Crippen LogP contribution < -0.4 is 9.46 Å². The lowest BCUT2D eigenvalue weighted by Gasteiger charge is -2.33. The average Bonchev–Trinajstić information content (AvgIpc) is 2.80. The van der Waals surface area contributed by atoms with Gasteiger partial charge in [0, 0.05) is 13.8 Å². The average molecular weight is 451 g/mol. The maximum Gasteiger partial charge on any atom is 0.477 e. The monoisotopic (exact) mass is 451 g/mol. The van der Waals surface area contributed by atoms with E-state index >= 15 is 0 Å². The summed E-state index contributed by atoms with van der Waals surface area (Å²) >= 11 is 0. The molecule has 0 bridgehead atoms. The summed E-state index contributed by atoms with van der Waals surface area (Å²) in [4.78, 5) is 12.5. The zero-order valence-corrected chi connectivity index (χ0v) is 20.8. The number of carbonyl (C=O) groups is 1. The Morgan fingerprint density at radius 1 is 1.03 bits per heavy atom. The molecule has 0 spiro atoms. The Morgan fingerprint density at radius 3 is 2.16 bits per heavy atom. The van der Waals surface area contributed by atoms with Crippen molar-refractivity contribution in [3.05, 3.63) is 29.3 Å². The van der Waals surface area contributed by atoms with Crippen molar-refractivity contribution >= 4 is 24.1 Å². The molecule has 0 amide bonds. The normalized spacial score (nSPS) is 23.5. The van der Waals surface area contributed by atoms with Crippen molar-refractivity contribution in [2.24, 2.45) is 0 Å². The zero-order chi connectivity index (χ0) is 23.4. The third kappa shape index (κ3) is 5.00. The molecule has 0 aromatic heterocycles. The number of fused-ring (bicyclic) bond motifs is 1. The van der Waals surface area contributed by atoms with Gasteiger partial charge in [0.05, 0.1) is 32.9 Å². The Hall–Kier alpha value is -1.42. The van der Waals surface area contributed by atoms with E-state index in [2.05, 4.69) is 4.72 Å². The summed E-state index contributed by atoms with van der Waals surface area (Å²) in [5.74, 6) is -1.45. The number of ether oxygens (including phenoxy) is 2. The van der Waals surface area contributed by atoms with E-state index in [0.29, 0.717) is 17.7 Å². The third-order valence-electron chi connectivity index (χ3n) is 5.86. The van der Waals surface area contributed by atoms with Crippen LogP contribution in [0.3, 0.4) is 0 Å². The number of benzene rings is 1. The van der Waals surface area contributed by atoms with Gasteiger partial charge in [-0.1, -0.05) is 12.1 Å². The van der Waals surface area contributed by atoms with Crippen LogP contribution in [-0.2, 0) is 31.5 Å². The van der Waals surface area contributed by atoms with Gasteiger partial charge < -0.3 is 18.8 Å². The number of hydrogen-bond acceptors (Lipinski definition) is 6. The van der Waals surface area contributed by atoms with Gasteiger partial charge in [-0.3, -0.25) is 0 Å². The minimum absolute atomic E-state index is 0.376.